The molecule has 9 nitrogen and oxygen atoms in total. The molecular weight excluding hydrogens is 880 g/mol. The zero-order chi connectivity index (χ0) is 45.5. The summed E-state index contributed by atoms with van der Waals surface area (Å²) in [5.41, 5.74) is 0.0735. The van der Waals surface area contributed by atoms with Crippen molar-refractivity contribution in [2.75, 3.05) is 82.0 Å². The van der Waals surface area contributed by atoms with Crippen LogP contribution in [0.4, 0.5) is 18.9 Å². The Morgan fingerprint density at radius 3 is 2.16 bits per heavy atom. The zero-order valence-electron chi connectivity index (χ0n) is 37.3. The molecule has 3 aromatic rings. The maximum atomic E-state index is 14.2. The van der Waals surface area contributed by atoms with Gasteiger partial charge in [-0.25, -0.2) is 16.8 Å². The number of ketones is 1. The second-order valence-electron chi connectivity index (χ2n) is 20.2. The summed E-state index contributed by atoms with van der Waals surface area (Å²) >= 11 is 1.53. The fourth-order valence-electron chi connectivity index (χ4n) is 11.2. The molecule has 2 saturated heterocycles. The maximum absolute atomic E-state index is 14.2. The second-order valence-corrected chi connectivity index (χ2v) is 25.2. The van der Waals surface area contributed by atoms with Crippen molar-refractivity contribution in [3.8, 4) is 0 Å². The molecule has 2 aliphatic heterocycles. The number of sulfone groups is 2. The normalized spacial score (nSPS) is 24.8. The van der Waals surface area contributed by atoms with E-state index in [9.17, 15) is 34.8 Å². The highest BCUT2D eigenvalue weighted by atomic mass is 32.2. The average molecular weight is 942 g/mol. The molecule has 9 rings (SSSR count). The minimum atomic E-state index is -5.95. The highest BCUT2D eigenvalue weighted by Crippen LogP contribution is 2.77. The van der Waals surface area contributed by atoms with Gasteiger partial charge in [0.25, 0.3) is 9.84 Å². The molecule has 0 radical (unpaired) electrons. The fourth-order valence-corrected chi connectivity index (χ4v) is 14.6. The lowest BCUT2D eigenvalue weighted by Crippen LogP contribution is -2.61. The maximum Gasteiger partial charge on any atom is 0.501 e. The van der Waals surface area contributed by atoms with Crippen LogP contribution in [0.1, 0.15) is 81.6 Å². The standard InChI is InChI=1S/C49H62F3N3O6S3/c1-46(2)17-15-43(48-33-47(3,34-48)35-48)39(29-46)30-54-19-21-55(22-20-54)40-12-9-37(10-13-40)44(56)32-63(57,58)42-14-11-38(45(28-42)64(59,60)49(50,51)52)27-36(16-18-53-23-25-61-26-24-53)31-62-41-7-5-4-6-8-41/h4-14,28,36H,15-27,29-35H2,1-3H3/t36-,47?,48?/m0/s1. The minimum absolute atomic E-state index is 0.0208. The van der Waals surface area contributed by atoms with Gasteiger partial charge >= 0.3 is 5.51 Å². The van der Waals surface area contributed by atoms with Crippen molar-refractivity contribution in [2.24, 2.45) is 22.2 Å². The summed E-state index contributed by atoms with van der Waals surface area (Å²) in [5, 5.41) is 0. The summed E-state index contributed by atoms with van der Waals surface area (Å²) in [7, 11) is -10.5. The Kier molecular flexibility index (Phi) is 13.6. The molecule has 3 saturated carbocycles. The molecule has 1 atom stereocenters. The zero-order valence-corrected chi connectivity index (χ0v) is 39.7. The molecule has 348 valence electrons. The van der Waals surface area contributed by atoms with Gasteiger partial charge in [0.05, 0.1) is 23.0 Å². The van der Waals surface area contributed by atoms with Crippen LogP contribution in [-0.4, -0.2) is 115 Å². The number of carbonyl (C=O) groups excluding carboxylic acids is 1. The Morgan fingerprint density at radius 2 is 1.52 bits per heavy atom. The van der Waals surface area contributed by atoms with Gasteiger partial charge < -0.3 is 9.64 Å². The van der Waals surface area contributed by atoms with Gasteiger partial charge in [0.2, 0.25) is 0 Å². The van der Waals surface area contributed by atoms with Crippen LogP contribution < -0.4 is 4.90 Å². The number of hydrogen-bond acceptors (Lipinski definition) is 10. The van der Waals surface area contributed by atoms with Gasteiger partial charge in [-0.2, -0.15) is 13.2 Å². The van der Waals surface area contributed by atoms with Crippen molar-refractivity contribution >= 4 is 42.9 Å². The number of allylic oxidation sites excluding steroid dienone is 1. The number of ether oxygens (including phenoxy) is 1. The highest BCUT2D eigenvalue weighted by Gasteiger charge is 2.66. The number of hydrogen-bond donors (Lipinski definition) is 0. The van der Waals surface area contributed by atoms with Crippen LogP contribution in [0.5, 0.6) is 0 Å². The first kappa shape index (κ1) is 47.3. The molecule has 15 heteroatoms. The first-order valence-electron chi connectivity index (χ1n) is 22.7. The summed E-state index contributed by atoms with van der Waals surface area (Å²) in [6.07, 6.45) is 8.26. The first-order valence-corrected chi connectivity index (χ1v) is 26.8. The number of rotatable bonds is 17. The van der Waals surface area contributed by atoms with E-state index in [4.69, 9.17) is 4.74 Å². The van der Waals surface area contributed by atoms with Crippen molar-refractivity contribution in [3.05, 3.63) is 95.1 Å². The Balaban J connectivity index is 0.924. The number of alkyl halides is 3. The minimum Gasteiger partial charge on any atom is -0.379 e. The smallest absolute Gasteiger partial charge is 0.379 e. The second kappa shape index (κ2) is 18.5. The number of piperazine rings is 1. The van der Waals surface area contributed by atoms with Gasteiger partial charge in [-0.1, -0.05) is 56.2 Å². The van der Waals surface area contributed by atoms with E-state index in [1.165, 1.54) is 49.9 Å². The van der Waals surface area contributed by atoms with Crippen molar-refractivity contribution in [2.45, 2.75) is 92.3 Å². The van der Waals surface area contributed by atoms with E-state index in [2.05, 4.69) is 35.5 Å². The molecule has 0 N–H and O–H groups in total. The molecule has 0 aromatic heterocycles. The lowest BCUT2D eigenvalue weighted by Gasteiger charge is -2.72. The lowest BCUT2D eigenvalue weighted by molar-refractivity contribution is -0.166. The van der Waals surface area contributed by atoms with E-state index in [-0.39, 0.29) is 23.5 Å². The quantitative estimate of drug-likeness (QED) is 0.0740. The first-order chi connectivity index (χ1) is 30.2. The number of Topliss-reactive ketones (excluding diaryl/α,β-unsaturated/α-hetero) is 1. The predicted octanol–water partition coefficient (Wildman–Crippen LogP) is 9.13. The van der Waals surface area contributed by atoms with Gasteiger partial charge in [-0.3, -0.25) is 14.6 Å². The van der Waals surface area contributed by atoms with Gasteiger partial charge in [-0.05, 0) is 134 Å². The lowest BCUT2D eigenvalue weighted by atomic mass is 9.33. The monoisotopic (exact) mass is 941 g/mol. The van der Waals surface area contributed by atoms with Crippen LogP contribution in [-0.2, 0) is 30.8 Å². The molecule has 2 bridgehead atoms. The summed E-state index contributed by atoms with van der Waals surface area (Å²) in [6, 6.07) is 19.2. The third-order valence-electron chi connectivity index (χ3n) is 14.5. The fraction of sp³-hybridized carbons (Fsp3) is 0.571. The van der Waals surface area contributed by atoms with Crippen LogP contribution in [0.25, 0.3) is 0 Å². The Bertz CT molecular complexity index is 2410. The molecule has 0 unspecified atom stereocenters. The number of nitrogens with zero attached hydrogens (tertiary/aromatic N) is 3. The third kappa shape index (κ3) is 10.5. The molecular formula is C49H62F3N3O6S3. The van der Waals surface area contributed by atoms with Crippen LogP contribution in [0.15, 0.2) is 98.6 Å². The largest absolute Gasteiger partial charge is 0.501 e. The summed E-state index contributed by atoms with van der Waals surface area (Å²) < 4.78 is 102. The summed E-state index contributed by atoms with van der Waals surface area (Å²) in [5.74, 6) is -1.50. The highest BCUT2D eigenvalue weighted by molar-refractivity contribution is 7.99. The van der Waals surface area contributed by atoms with E-state index in [1.54, 1.807) is 35.4 Å². The third-order valence-corrected chi connectivity index (χ3v) is 18.9. The van der Waals surface area contributed by atoms with Crippen LogP contribution >= 0.6 is 11.8 Å². The number of benzene rings is 3. The number of anilines is 1. The van der Waals surface area contributed by atoms with Crippen LogP contribution in [0.3, 0.4) is 0 Å². The molecule has 3 aromatic carbocycles. The molecule has 2 heterocycles. The Morgan fingerprint density at radius 1 is 0.844 bits per heavy atom. The number of thioether (sulfide) groups is 1. The SMILES string of the molecule is CC1(C)CCC(C23CC(C)(C2)C3)=C(CN2CCN(c3ccc(C(=O)CS(=O)(=O)c4ccc(C[C@H](CCN5CCOCC5)CSc5ccccc5)c(S(=O)(=O)C(F)(F)F)c4)cc3)CC2)C1. The van der Waals surface area contributed by atoms with Gasteiger partial charge in [0.15, 0.2) is 15.6 Å². The van der Waals surface area contributed by atoms with Crippen molar-refractivity contribution in [1.29, 1.82) is 0 Å². The van der Waals surface area contributed by atoms with Gasteiger partial charge in [0, 0.05) is 67.7 Å². The molecule has 4 aliphatic carbocycles. The van der Waals surface area contributed by atoms with E-state index in [0.717, 1.165) is 68.9 Å². The Labute approximate surface area is 382 Å². The van der Waals surface area contributed by atoms with E-state index in [1.807, 2.05) is 30.3 Å². The predicted molar refractivity (Wildman–Crippen MR) is 246 cm³/mol. The van der Waals surface area contributed by atoms with E-state index in [0.29, 0.717) is 54.2 Å². The number of halogens is 3. The number of morpholine rings is 1. The van der Waals surface area contributed by atoms with Gasteiger partial charge in [-0.15, -0.1) is 11.8 Å². The van der Waals surface area contributed by atoms with E-state index < -0.39 is 46.5 Å². The molecule has 6 aliphatic rings. The van der Waals surface area contributed by atoms with E-state index >= 15 is 0 Å². The number of carbonyl (C=O) groups is 1. The van der Waals surface area contributed by atoms with Crippen molar-refractivity contribution < 1.29 is 39.5 Å². The Hall–Kier alpha value is -3.21. The topological polar surface area (TPSA) is 104 Å². The van der Waals surface area contributed by atoms with Crippen molar-refractivity contribution in [3.63, 3.8) is 0 Å². The average Bonchev–Trinajstić information content (AvgIpc) is 3.23. The summed E-state index contributed by atoms with van der Waals surface area (Å²) in [4.78, 5) is 19.7. The van der Waals surface area contributed by atoms with Crippen LogP contribution in [0.2, 0.25) is 0 Å². The molecule has 0 amide bonds. The molecule has 64 heavy (non-hydrogen) atoms. The van der Waals surface area contributed by atoms with Crippen molar-refractivity contribution in [1.82, 2.24) is 9.80 Å². The van der Waals surface area contributed by atoms with Gasteiger partial charge in [0.1, 0.15) is 5.75 Å². The van der Waals surface area contributed by atoms with Crippen LogP contribution in [0, 0.1) is 22.2 Å². The molecule has 0 spiro atoms. The molecule has 5 fully saturated rings. The summed E-state index contributed by atoms with van der Waals surface area (Å²) in [6.45, 7) is 14.9.